The SMILES string of the molecule is OC1=NC(O)N(Br)C(O)=N1. The van der Waals surface area contributed by atoms with Crippen LogP contribution in [0.4, 0.5) is 0 Å². The van der Waals surface area contributed by atoms with Crippen molar-refractivity contribution in [1.29, 1.82) is 0 Å². The Morgan fingerprint density at radius 2 is 2.10 bits per heavy atom. The van der Waals surface area contributed by atoms with Crippen LogP contribution in [0.25, 0.3) is 0 Å². The zero-order valence-corrected chi connectivity index (χ0v) is 6.22. The molecule has 0 aliphatic carbocycles. The van der Waals surface area contributed by atoms with Gasteiger partial charge >= 0.3 is 12.0 Å². The van der Waals surface area contributed by atoms with E-state index in [-0.39, 0.29) is 0 Å². The summed E-state index contributed by atoms with van der Waals surface area (Å²) in [5.41, 5.74) is 0. The Hall–Kier alpha value is -0.820. The molecular formula is C3H4BrN3O3. The fraction of sp³-hybridized carbons (Fsp3) is 0.333. The van der Waals surface area contributed by atoms with Crippen LogP contribution in [0.3, 0.4) is 0 Å². The second kappa shape index (κ2) is 2.43. The lowest BCUT2D eigenvalue weighted by Gasteiger charge is -2.19. The molecule has 1 heterocycles. The number of amidine groups is 2. The number of hydrogen-bond acceptors (Lipinski definition) is 4. The zero-order chi connectivity index (χ0) is 7.72. The normalized spacial score (nSPS) is 25.8. The van der Waals surface area contributed by atoms with Crippen molar-refractivity contribution < 1.29 is 15.3 Å². The summed E-state index contributed by atoms with van der Waals surface area (Å²) >= 11 is 2.73. The Labute approximate surface area is 64.5 Å². The van der Waals surface area contributed by atoms with Gasteiger partial charge in [-0.3, -0.25) is 0 Å². The van der Waals surface area contributed by atoms with Gasteiger partial charge in [-0.2, -0.15) is 4.99 Å². The average Bonchev–Trinajstić information content (AvgIpc) is 1.82. The van der Waals surface area contributed by atoms with Crippen LogP contribution in [0.15, 0.2) is 9.98 Å². The van der Waals surface area contributed by atoms with E-state index >= 15 is 0 Å². The Morgan fingerprint density at radius 1 is 1.50 bits per heavy atom. The molecule has 3 N–H and O–H groups in total. The van der Waals surface area contributed by atoms with Gasteiger partial charge in [0.25, 0.3) is 0 Å². The van der Waals surface area contributed by atoms with Gasteiger partial charge in [0.15, 0.2) is 0 Å². The predicted octanol–water partition coefficient (Wildman–Crippen LogP) is -0.284. The van der Waals surface area contributed by atoms with Crippen molar-refractivity contribution in [3.8, 4) is 0 Å². The van der Waals surface area contributed by atoms with Gasteiger partial charge < -0.3 is 15.3 Å². The Morgan fingerprint density at radius 3 is 2.60 bits per heavy atom. The van der Waals surface area contributed by atoms with E-state index in [1.54, 1.807) is 0 Å². The first kappa shape index (κ1) is 7.29. The Balaban J connectivity index is 2.85. The van der Waals surface area contributed by atoms with Crippen molar-refractivity contribution in [2.75, 3.05) is 0 Å². The van der Waals surface area contributed by atoms with Crippen molar-refractivity contribution >= 4 is 28.2 Å². The van der Waals surface area contributed by atoms with Crippen LogP contribution in [-0.2, 0) is 0 Å². The minimum Gasteiger partial charge on any atom is -0.480 e. The van der Waals surface area contributed by atoms with Gasteiger partial charge in [-0.15, -0.1) is 4.99 Å². The van der Waals surface area contributed by atoms with Crippen LogP contribution in [0, 0.1) is 0 Å². The van der Waals surface area contributed by atoms with Gasteiger partial charge in [-0.05, 0) is 0 Å². The van der Waals surface area contributed by atoms with Crippen LogP contribution in [-0.4, -0.2) is 37.6 Å². The fourth-order valence-electron chi connectivity index (χ4n) is 0.423. The molecule has 0 aromatic carbocycles. The lowest BCUT2D eigenvalue weighted by atomic mass is 10.8. The quantitative estimate of drug-likeness (QED) is 0.479. The molecule has 1 rings (SSSR count). The second-order valence-electron chi connectivity index (χ2n) is 1.50. The largest absolute Gasteiger partial charge is 0.480 e. The third-order valence-electron chi connectivity index (χ3n) is 0.825. The maximum atomic E-state index is 8.81. The molecule has 56 valence electrons. The molecule has 7 heteroatoms. The Bertz CT molecular complexity index is 203. The van der Waals surface area contributed by atoms with E-state index in [0.29, 0.717) is 0 Å². The molecule has 10 heavy (non-hydrogen) atoms. The molecule has 0 amide bonds. The van der Waals surface area contributed by atoms with Crippen molar-refractivity contribution in [3.63, 3.8) is 0 Å². The van der Waals surface area contributed by atoms with E-state index in [4.69, 9.17) is 15.3 Å². The topological polar surface area (TPSA) is 88.7 Å². The van der Waals surface area contributed by atoms with Gasteiger partial charge in [0.1, 0.15) is 0 Å². The highest BCUT2D eigenvalue weighted by atomic mass is 79.9. The zero-order valence-electron chi connectivity index (χ0n) is 4.64. The summed E-state index contributed by atoms with van der Waals surface area (Å²) in [6.45, 7) is 0. The first-order valence-corrected chi connectivity index (χ1v) is 2.99. The van der Waals surface area contributed by atoms with Crippen molar-refractivity contribution in [3.05, 3.63) is 0 Å². The lowest BCUT2D eigenvalue weighted by Crippen LogP contribution is -2.35. The van der Waals surface area contributed by atoms with Crippen LogP contribution in [0.2, 0.25) is 0 Å². The van der Waals surface area contributed by atoms with E-state index in [1.807, 2.05) is 0 Å². The smallest absolute Gasteiger partial charge is 0.318 e. The number of aliphatic hydroxyl groups is 3. The number of aliphatic imine (C=N–C) groups is 2. The number of halogens is 1. The fourth-order valence-corrected chi connectivity index (χ4v) is 0.594. The predicted molar refractivity (Wildman–Crippen MR) is 36.9 cm³/mol. The second-order valence-corrected chi connectivity index (χ2v) is 2.26. The highest BCUT2D eigenvalue weighted by molar-refractivity contribution is 9.07. The van der Waals surface area contributed by atoms with E-state index in [9.17, 15) is 0 Å². The van der Waals surface area contributed by atoms with Crippen LogP contribution in [0.1, 0.15) is 0 Å². The van der Waals surface area contributed by atoms with E-state index in [2.05, 4.69) is 26.1 Å². The molecule has 1 unspecified atom stereocenters. The number of rotatable bonds is 0. The van der Waals surface area contributed by atoms with Crippen LogP contribution < -0.4 is 0 Å². The summed E-state index contributed by atoms with van der Waals surface area (Å²) < 4.78 is 0.812. The van der Waals surface area contributed by atoms with Gasteiger partial charge in [-0.25, -0.2) is 3.93 Å². The molecule has 0 saturated heterocycles. The minimum absolute atomic E-state index is 0.542. The summed E-state index contributed by atoms with van der Waals surface area (Å²) in [4.78, 5) is 6.28. The molecule has 0 bridgehead atoms. The molecule has 0 fully saturated rings. The van der Waals surface area contributed by atoms with E-state index in [0.717, 1.165) is 3.93 Å². The molecule has 1 aliphatic heterocycles. The highest BCUT2D eigenvalue weighted by Gasteiger charge is 2.21. The number of aliphatic hydroxyl groups excluding tert-OH is 3. The molecule has 0 aromatic heterocycles. The van der Waals surface area contributed by atoms with E-state index < -0.39 is 18.4 Å². The highest BCUT2D eigenvalue weighted by Crippen LogP contribution is 2.09. The molecule has 0 saturated carbocycles. The molecule has 0 spiro atoms. The number of hydrogen-bond donors (Lipinski definition) is 3. The van der Waals surface area contributed by atoms with E-state index in [1.165, 1.54) is 0 Å². The first-order chi connectivity index (χ1) is 4.61. The monoisotopic (exact) mass is 209 g/mol. The first-order valence-electron chi connectivity index (χ1n) is 2.29. The maximum absolute atomic E-state index is 8.81. The summed E-state index contributed by atoms with van der Waals surface area (Å²) in [7, 11) is 0. The minimum atomic E-state index is -1.34. The third-order valence-corrected chi connectivity index (χ3v) is 1.51. The van der Waals surface area contributed by atoms with Crippen LogP contribution >= 0.6 is 16.1 Å². The van der Waals surface area contributed by atoms with Gasteiger partial charge in [-0.1, -0.05) is 0 Å². The standard InChI is InChI=1S/C3H4BrN3O3/c4-7-2(9)5-1(8)6-3(7)10/h2,9H,(H2,5,6,8,10). The maximum Gasteiger partial charge on any atom is 0.318 e. The van der Waals surface area contributed by atoms with Crippen molar-refractivity contribution in [2.24, 2.45) is 9.98 Å². The van der Waals surface area contributed by atoms with Gasteiger partial charge in [0.05, 0.1) is 16.1 Å². The van der Waals surface area contributed by atoms with Gasteiger partial charge in [0.2, 0.25) is 6.35 Å². The van der Waals surface area contributed by atoms with Gasteiger partial charge in [0, 0.05) is 0 Å². The summed E-state index contributed by atoms with van der Waals surface area (Å²) in [5.74, 6) is 0. The Kier molecular flexibility index (Phi) is 1.77. The lowest BCUT2D eigenvalue weighted by molar-refractivity contribution is 0.105. The molecule has 0 radical (unpaired) electrons. The number of nitrogens with zero attached hydrogens (tertiary/aromatic N) is 3. The third kappa shape index (κ3) is 1.19. The molecule has 0 aromatic rings. The van der Waals surface area contributed by atoms with Crippen LogP contribution in [0.5, 0.6) is 0 Å². The summed E-state index contributed by atoms with van der Waals surface area (Å²) in [6, 6.07) is -1.19. The molecule has 6 nitrogen and oxygen atoms in total. The molecular weight excluding hydrogens is 206 g/mol. The molecule has 1 aliphatic rings. The van der Waals surface area contributed by atoms with Crippen molar-refractivity contribution in [2.45, 2.75) is 6.35 Å². The average molecular weight is 210 g/mol. The molecule has 1 atom stereocenters. The summed E-state index contributed by atoms with van der Waals surface area (Å²) in [5, 5.41) is 26.1. The van der Waals surface area contributed by atoms with Crippen molar-refractivity contribution in [1.82, 2.24) is 3.93 Å². The summed E-state index contributed by atoms with van der Waals surface area (Å²) in [6.07, 6.45) is -1.34.